The van der Waals surface area contributed by atoms with E-state index in [1.165, 1.54) is 6.07 Å². The van der Waals surface area contributed by atoms with Gasteiger partial charge in [0.25, 0.3) is 0 Å². The van der Waals surface area contributed by atoms with Crippen molar-refractivity contribution in [2.45, 2.75) is 45.1 Å². The van der Waals surface area contributed by atoms with Crippen LogP contribution in [0.1, 0.15) is 43.9 Å². The van der Waals surface area contributed by atoms with Crippen LogP contribution in [0.5, 0.6) is 0 Å². The summed E-state index contributed by atoms with van der Waals surface area (Å²) in [4.78, 5) is 14.9. The van der Waals surface area contributed by atoms with Gasteiger partial charge in [-0.25, -0.2) is 9.78 Å². The molecule has 23 heavy (non-hydrogen) atoms. The van der Waals surface area contributed by atoms with E-state index in [0.29, 0.717) is 0 Å². The number of alkyl halides is 3. The summed E-state index contributed by atoms with van der Waals surface area (Å²) < 4.78 is 54.9. The van der Waals surface area contributed by atoms with Gasteiger partial charge in [0.05, 0.1) is 18.3 Å². The number of pyridine rings is 1. The Labute approximate surface area is 132 Å². The van der Waals surface area contributed by atoms with E-state index in [-0.39, 0.29) is 5.46 Å². The van der Waals surface area contributed by atoms with Crippen molar-refractivity contribution in [2.75, 3.05) is 7.11 Å². The summed E-state index contributed by atoms with van der Waals surface area (Å²) >= 11 is 0. The fourth-order valence-electron chi connectivity index (χ4n) is 2.02. The minimum Gasteiger partial charge on any atom is -0.464 e. The van der Waals surface area contributed by atoms with Crippen LogP contribution >= 0.6 is 0 Å². The quantitative estimate of drug-likeness (QED) is 0.614. The molecule has 1 fully saturated rings. The fourth-order valence-corrected chi connectivity index (χ4v) is 2.02. The van der Waals surface area contributed by atoms with Gasteiger partial charge >= 0.3 is 19.3 Å². The van der Waals surface area contributed by atoms with Gasteiger partial charge in [-0.05, 0) is 45.3 Å². The Kier molecular flexibility index (Phi) is 4.23. The molecule has 9 heteroatoms. The maximum atomic E-state index is 13.0. The van der Waals surface area contributed by atoms with Crippen molar-refractivity contribution in [3.05, 3.63) is 23.5 Å². The van der Waals surface area contributed by atoms with Gasteiger partial charge < -0.3 is 14.0 Å². The summed E-state index contributed by atoms with van der Waals surface area (Å²) in [6.07, 6.45) is -4.71. The molecule has 1 aliphatic rings. The number of aromatic nitrogens is 1. The predicted octanol–water partition coefficient (Wildman–Crippen LogP) is 2.19. The van der Waals surface area contributed by atoms with Crippen LogP contribution in [0.4, 0.5) is 13.2 Å². The number of hydrogen-bond donors (Lipinski definition) is 0. The van der Waals surface area contributed by atoms with E-state index in [9.17, 15) is 18.0 Å². The largest absolute Gasteiger partial charge is 0.494 e. The zero-order chi connectivity index (χ0) is 17.6. The third-order valence-corrected chi connectivity index (χ3v) is 4.06. The molecule has 0 amide bonds. The number of ether oxygens (including phenoxy) is 1. The molecule has 1 aromatic rings. The Hall–Kier alpha value is -1.61. The van der Waals surface area contributed by atoms with Crippen molar-refractivity contribution in [2.24, 2.45) is 0 Å². The third-order valence-electron chi connectivity index (χ3n) is 4.06. The van der Waals surface area contributed by atoms with Crippen molar-refractivity contribution in [3.8, 4) is 0 Å². The maximum absolute atomic E-state index is 13.0. The molecule has 0 atom stereocenters. The molecule has 0 radical (unpaired) electrons. The van der Waals surface area contributed by atoms with Crippen molar-refractivity contribution >= 4 is 18.6 Å². The first-order valence-electron chi connectivity index (χ1n) is 6.90. The first-order valence-corrected chi connectivity index (χ1v) is 6.90. The Morgan fingerprint density at radius 2 is 1.70 bits per heavy atom. The molecule has 2 rings (SSSR count). The Bertz CT molecular complexity index is 615. The van der Waals surface area contributed by atoms with Gasteiger partial charge in [-0.15, -0.1) is 0 Å². The van der Waals surface area contributed by atoms with Crippen LogP contribution in [0.3, 0.4) is 0 Å². The molecule has 0 bridgehead atoms. The number of esters is 1. The lowest BCUT2D eigenvalue weighted by atomic mass is 9.78. The summed E-state index contributed by atoms with van der Waals surface area (Å²) in [5.74, 6) is -0.964. The smallest absolute Gasteiger partial charge is 0.464 e. The van der Waals surface area contributed by atoms with E-state index in [2.05, 4.69) is 9.72 Å². The molecule has 0 unspecified atom stereocenters. The van der Waals surface area contributed by atoms with Gasteiger partial charge in [0.1, 0.15) is 11.4 Å². The third kappa shape index (κ3) is 3.35. The number of methoxy groups -OCH3 is 1. The van der Waals surface area contributed by atoms with Crippen LogP contribution in [-0.2, 0) is 20.2 Å². The van der Waals surface area contributed by atoms with E-state index >= 15 is 0 Å². The minimum atomic E-state index is -4.71. The molecule has 2 heterocycles. The fraction of sp³-hybridized carbons (Fsp3) is 0.571. The normalized spacial score (nSPS) is 19.7. The lowest BCUT2D eigenvalue weighted by Crippen LogP contribution is -2.41. The van der Waals surface area contributed by atoms with Gasteiger partial charge in [0.2, 0.25) is 0 Å². The van der Waals surface area contributed by atoms with Crippen LogP contribution < -0.4 is 5.46 Å². The van der Waals surface area contributed by atoms with Crippen molar-refractivity contribution in [3.63, 3.8) is 0 Å². The number of nitrogens with zero attached hydrogens (tertiary/aromatic N) is 1. The molecule has 1 saturated heterocycles. The number of carbonyl (C=O) groups excluding carboxylic acids is 1. The highest BCUT2D eigenvalue weighted by molar-refractivity contribution is 6.62. The molecule has 0 aliphatic carbocycles. The lowest BCUT2D eigenvalue weighted by Gasteiger charge is -2.32. The van der Waals surface area contributed by atoms with E-state index < -0.39 is 41.9 Å². The number of rotatable bonds is 2. The number of hydrogen-bond acceptors (Lipinski definition) is 5. The van der Waals surface area contributed by atoms with Crippen LogP contribution in [0.25, 0.3) is 0 Å². The van der Waals surface area contributed by atoms with Gasteiger partial charge in [0.15, 0.2) is 0 Å². The van der Waals surface area contributed by atoms with Crippen LogP contribution in [-0.4, -0.2) is 36.4 Å². The lowest BCUT2D eigenvalue weighted by molar-refractivity contribution is -0.141. The van der Waals surface area contributed by atoms with Crippen molar-refractivity contribution in [1.82, 2.24) is 4.98 Å². The summed E-state index contributed by atoms with van der Waals surface area (Å²) in [5, 5.41) is 0. The average molecular weight is 331 g/mol. The van der Waals surface area contributed by atoms with Crippen LogP contribution in [0.2, 0.25) is 0 Å². The van der Waals surface area contributed by atoms with Crippen LogP contribution in [0, 0.1) is 0 Å². The zero-order valence-electron chi connectivity index (χ0n) is 13.4. The minimum absolute atomic E-state index is 0.0615. The second-order valence-electron chi connectivity index (χ2n) is 6.25. The monoisotopic (exact) mass is 331 g/mol. The van der Waals surface area contributed by atoms with Crippen molar-refractivity contribution < 1.29 is 32.0 Å². The summed E-state index contributed by atoms with van der Waals surface area (Å²) in [5.41, 5.74) is -3.03. The highest BCUT2D eigenvalue weighted by Crippen LogP contribution is 2.37. The van der Waals surface area contributed by atoms with E-state index in [4.69, 9.17) is 9.31 Å². The second kappa shape index (κ2) is 5.49. The molecule has 5 nitrogen and oxygen atoms in total. The molecular formula is C14H17BF3NO4. The molecular weight excluding hydrogens is 314 g/mol. The molecule has 126 valence electrons. The second-order valence-corrected chi connectivity index (χ2v) is 6.25. The van der Waals surface area contributed by atoms with E-state index in [0.717, 1.165) is 13.2 Å². The maximum Gasteiger partial charge on any atom is 0.494 e. The molecule has 0 aromatic carbocycles. The molecule has 0 spiro atoms. The van der Waals surface area contributed by atoms with Gasteiger partial charge in [-0.3, -0.25) is 0 Å². The summed E-state index contributed by atoms with van der Waals surface area (Å²) in [7, 11) is 0.0335. The van der Waals surface area contributed by atoms with Gasteiger partial charge in [0, 0.05) is 0 Å². The molecule has 0 N–H and O–H groups in total. The van der Waals surface area contributed by atoms with Crippen LogP contribution in [0.15, 0.2) is 12.1 Å². The number of halogens is 3. The van der Waals surface area contributed by atoms with Crippen molar-refractivity contribution in [1.29, 1.82) is 0 Å². The molecule has 1 aliphatic heterocycles. The summed E-state index contributed by atoms with van der Waals surface area (Å²) in [6, 6.07) is 2.00. The van der Waals surface area contributed by atoms with Gasteiger partial charge in [-0.2, -0.15) is 13.2 Å². The molecule has 1 aromatic heterocycles. The predicted molar refractivity (Wildman–Crippen MR) is 76.3 cm³/mol. The SMILES string of the molecule is COC(=O)c1cc(B2OC(C)(C)C(C)(C)O2)cc(C(F)(F)F)n1. The highest BCUT2D eigenvalue weighted by Gasteiger charge is 2.52. The number of carbonyl (C=O) groups is 1. The Morgan fingerprint density at radius 3 is 2.13 bits per heavy atom. The van der Waals surface area contributed by atoms with E-state index in [1.54, 1.807) is 27.7 Å². The zero-order valence-corrected chi connectivity index (χ0v) is 13.4. The van der Waals surface area contributed by atoms with E-state index in [1.807, 2.05) is 0 Å². The average Bonchev–Trinajstić information content (AvgIpc) is 2.65. The first-order chi connectivity index (χ1) is 10.4. The van der Waals surface area contributed by atoms with Gasteiger partial charge in [-0.1, -0.05) is 0 Å². The summed E-state index contributed by atoms with van der Waals surface area (Å²) in [6.45, 7) is 7.11. The highest BCUT2D eigenvalue weighted by atomic mass is 19.4. The first kappa shape index (κ1) is 17.7. The molecule has 0 saturated carbocycles. The Morgan fingerprint density at radius 1 is 1.17 bits per heavy atom. The Balaban J connectivity index is 2.49. The topological polar surface area (TPSA) is 57.7 Å². The standard InChI is InChI=1S/C14H17BF3NO4/c1-12(2)13(3,4)23-15(22-12)8-6-9(11(20)21-5)19-10(7-8)14(16,17)18/h6-7H,1-5H3.